The molecule has 0 aliphatic carbocycles. The van der Waals surface area contributed by atoms with Crippen molar-refractivity contribution >= 4 is 0 Å². The van der Waals surface area contributed by atoms with Gasteiger partial charge < -0.3 is 19.9 Å². The molecule has 0 saturated heterocycles. The fourth-order valence-corrected chi connectivity index (χ4v) is 1.42. The van der Waals surface area contributed by atoms with Gasteiger partial charge in [-0.1, -0.05) is 0 Å². The first kappa shape index (κ1) is 14.9. The second-order valence-electron chi connectivity index (χ2n) is 3.81. The minimum absolute atomic E-state index is 0.300. The van der Waals surface area contributed by atoms with Crippen molar-refractivity contribution in [3.8, 4) is 5.75 Å². The summed E-state index contributed by atoms with van der Waals surface area (Å²) in [7, 11) is 1.63. The highest BCUT2D eigenvalue weighted by Crippen LogP contribution is 2.16. The molecule has 4 nitrogen and oxygen atoms in total. The van der Waals surface area contributed by atoms with E-state index in [1.807, 2.05) is 0 Å². The zero-order valence-electron chi connectivity index (χ0n) is 10.7. The molecule has 0 aliphatic rings. The summed E-state index contributed by atoms with van der Waals surface area (Å²) >= 11 is 0. The van der Waals surface area contributed by atoms with Gasteiger partial charge in [0, 0.05) is 32.7 Å². The number of ether oxygens (including phenoxy) is 3. The van der Waals surface area contributed by atoms with Crippen molar-refractivity contribution in [1.29, 1.82) is 0 Å². The monoisotopic (exact) mass is 257 g/mol. The zero-order valence-corrected chi connectivity index (χ0v) is 10.7. The third kappa shape index (κ3) is 5.95. The van der Waals surface area contributed by atoms with Crippen molar-refractivity contribution in [3.05, 3.63) is 29.6 Å². The summed E-state index contributed by atoms with van der Waals surface area (Å²) in [5.74, 6) is 0.177. The van der Waals surface area contributed by atoms with Crippen LogP contribution in [0, 0.1) is 5.82 Å². The van der Waals surface area contributed by atoms with E-state index in [2.05, 4.69) is 0 Å². The van der Waals surface area contributed by atoms with Crippen LogP contribution in [0.4, 0.5) is 4.39 Å². The molecule has 1 aromatic rings. The maximum Gasteiger partial charge on any atom is 0.127 e. The van der Waals surface area contributed by atoms with Crippen molar-refractivity contribution in [2.75, 3.05) is 33.5 Å². The van der Waals surface area contributed by atoms with Crippen molar-refractivity contribution in [2.45, 2.75) is 13.0 Å². The van der Waals surface area contributed by atoms with Gasteiger partial charge >= 0.3 is 0 Å². The highest BCUT2D eigenvalue weighted by molar-refractivity contribution is 5.29. The van der Waals surface area contributed by atoms with E-state index in [4.69, 9.17) is 19.9 Å². The molecule has 5 heteroatoms. The van der Waals surface area contributed by atoms with Gasteiger partial charge in [0.15, 0.2) is 0 Å². The Bertz CT molecular complexity index is 347. The second kappa shape index (κ2) is 8.85. The average Bonchev–Trinajstić information content (AvgIpc) is 2.37. The molecule has 0 bridgehead atoms. The van der Waals surface area contributed by atoms with Crippen LogP contribution in [-0.4, -0.2) is 33.5 Å². The highest BCUT2D eigenvalue weighted by Gasteiger charge is 2.00. The minimum Gasteiger partial charge on any atom is -0.493 e. The predicted octanol–water partition coefficient (Wildman–Crippen LogP) is 1.72. The lowest BCUT2D eigenvalue weighted by atomic mass is 10.2. The number of rotatable bonds is 9. The Morgan fingerprint density at radius 2 is 1.94 bits per heavy atom. The van der Waals surface area contributed by atoms with Gasteiger partial charge in [0.05, 0.1) is 19.8 Å². The second-order valence-corrected chi connectivity index (χ2v) is 3.81. The van der Waals surface area contributed by atoms with Crippen LogP contribution in [0.2, 0.25) is 0 Å². The fourth-order valence-electron chi connectivity index (χ4n) is 1.42. The summed E-state index contributed by atoms with van der Waals surface area (Å²) in [5.41, 5.74) is 6.18. The number of nitrogens with two attached hydrogens (primary N) is 1. The lowest BCUT2D eigenvalue weighted by molar-refractivity contribution is 0.0644. The fraction of sp³-hybridized carbons (Fsp3) is 0.538. The van der Waals surface area contributed by atoms with Gasteiger partial charge in [-0.25, -0.2) is 4.39 Å². The smallest absolute Gasteiger partial charge is 0.127 e. The molecule has 2 N–H and O–H groups in total. The first-order valence-electron chi connectivity index (χ1n) is 5.95. The van der Waals surface area contributed by atoms with Crippen LogP contribution in [0.5, 0.6) is 5.75 Å². The summed E-state index contributed by atoms with van der Waals surface area (Å²) in [6.45, 7) is 2.55. The Kier molecular flexibility index (Phi) is 7.32. The first-order valence-corrected chi connectivity index (χ1v) is 5.95. The van der Waals surface area contributed by atoms with E-state index in [1.165, 1.54) is 12.1 Å². The van der Waals surface area contributed by atoms with E-state index in [9.17, 15) is 4.39 Å². The van der Waals surface area contributed by atoms with Crippen LogP contribution in [0.3, 0.4) is 0 Å². The summed E-state index contributed by atoms with van der Waals surface area (Å²) in [4.78, 5) is 0. The molecule has 0 saturated carbocycles. The van der Waals surface area contributed by atoms with E-state index in [0.717, 1.165) is 12.0 Å². The number of hydrogen-bond donors (Lipinski definition) is 1. The Balaban J connectivity index is 2.20. The lowest BCUT2D eigenvalue weighted by Gasteiger charge is -2.08. The zero-order chi connectivity index (χ0) is 13.2. The SMILES string of the molecule is COCCOCCCOc1cc(F)cc(CN)c1. The first-order chi connectivity index (χ1) is 8.76. The molecule has 0 spiro atoms. The molecule has 1 aromatic carbocycles. The molecule has 0 amide bonds. The quantitative estimate of drug-likeness (QED) is 0.684. The minimum atomic E-state index is -0.329. The van der Waals surface area contributed by atoms with Crippen molar-refractivity contribution < 1.29 is 18.6 Å². The average molecular weight is 257 g/mol. The summed E-state index contributed by atoms with van der Waals surface area (Å²) in [5, 5.41) is 0. The van der Waals surface area contributed by atoms with Crippen molar-refractivity contribution in [1.82, 2.24) is 0 Å². The van der Waals surface area contributed by atoms with E-state index in [-0.39, 0.29) is 5.82 Å². The number of benzene rings is 1. The van der Waals surface area contributed by atoms with Crippen LogP contribution >= 0.6 is 0 Å². The molecule has 0 heterocycles. The number of methoxy groups -OCH3 is 1. The predicted molar refractivity (Wildman–Crippen MR) is 67.1 cm³/mol. The molecule has 0 aromatic heterocycles. The molecule has 0 fully saturated rings. The van der Waals surface area contributed by atoms with E-state index in [0.29, 0.717) is 38.7 Å². The summed E-state index contributed by atoms with van der Waals surface area (Å²) < 4.78 is 28.7. The summed E-state index contributed by atoms with van der Waals surface area (Å²) in [6, 6.07) is 4.50. The molecule has 18 heavy (non-hydrogen) atoms. The van der Waals surface area contributed by atoms with Gasteiger partial charge in [-0.15, -0.1) is 0 Å². The van der Waals surface area contributed by atoms with Crippen LogP contribution < -0.4 is 10.5 Å². The summed E-state index contributed by atoms with van der Waals surface area (Å²) in [6.07, 6.45) is 0.748. The highest BCUT2D eigenvalue weighted by atomic mass is 19.1. The Labute approximate surface area is 107 Å². The molecular formula is C13H20FNO3. The molecule has 1 rings (SSSR count). The number of hydrogen-bond acceptors (Lipinski definition) is 4. The van der Waals surface area contributed by atoms with Gasteiger partial charge in [0.2, 0.25) is 0 Å². The molecule has 0 atom stereocenters. The Hall–Kier alpha value is -1.17. The third-order valence-corrected chi connectivity index (χ3v) is 2.30. The molecular weight excluding hydrogens is 237 g/mol. The van der Waals surface area contributed by atoms with Gasteiger partial charge in [-0.2, -0.15) is 0 Å². The molecule has 0 radical (unpaired) electrons. The van der Waals surface area contributed by atoms with Gasteiger partial charge in [-0.05, 0) is 17.7 Å². The molecule has 102 valence electrons. The lowest BCUT2D eigenvalue weighted by Crippen LogP contribution is -2.07. The Morgan fingerprint density at radius 1 is 1.11 bits per heavy atom. The largest absolute Gasteiger partial charge is 0.493 e. The van der Waals surface area contributed by atoms with Gasteiger partial charge in [0.25, 0.3) is 0 Å². The van der Waals surface area contributed by atoms with Crippen molar-refractivity contribution in [2.24, 2.45) is 5.73 Å². The van der Waals surface area contributed by atoms with E-state index >= 15 is 0 Å². The third-order valence-electron chi connectivity index (χ3n) is 2.30. The van der Waals surface area contributed by atoms with Crippen molar-refractivity contribution in [3.63, 3.8) is 0 Å². The topological polar surface area (TPSA) is 53.7 Å². The van der Waals surface area contributed by atoms with E-state index in [1.54, 1.807) is 13.2 Å². The molecule has 0 unspecified atom stereocenters. The van der Waals surface area contributed by atoms with Crippen LogP contribution in [0.25, 0.3) is 0 Å². The number of halogens is 1. The van der Waals surface area contributed by atoms with Gasteiger partial charge in [0.1, 0.15) is 11.6 Å². The maximum atomic E-state index is 13.2. The van der Waals surface area contributed by atoms with Crippen LogP contribution in [-0.2, 0) is 16.0 Å². The Morgan fingerprint density at radius 3 is 2.67 bits per heavy atom. The maximum absolute atomic E-state index is 13.2. The van der Waals surface area contributed by atoms with Crippen LogP contribution in [0.1, 0.15) is 12.0 Å². The molecule has 0 aliphatic heterocycles. The van der Waals surface area contributed by atoms with Crippen LogP contribution in [0.15, 0.2) is 18.2 Å². The van der Waals surface area contributed by atoms with E-state index < -0.39 is 0 Å². The standard InChI is InChI=1S/C13H20FNO3/c1-16-5-6-17-3-2-4-18-13-8-11(10-15)7-12(14)9-13/h7-9H,2-6,10,15H2,1H3. The van der Waals surface area contributed by atoms with Gasteiger partial charge in [-0.3, -0.25) is 0 Å². The normalized spacial score (nSPS) is 10.6.